The number of nitrogens with one attached hydrogen (secondary N) is 3. The zero-order chi connectivity index (χ0) is 22.9. The van der Waals surface area contributed by atoms with Crippen LogP contribution in [0.4, 0.5) is 18.9 Å². The van der Waals surface area contributed by atoms with Crippen molar-refractivity contribution in [2.45, 2.75) is 43.9 Å². The minimum Gasteiger partial charge on any atom is -0.356 e. The third-order valence-electron chi connectivity index (χ3n) is 5.35. The first-order valence-corrected chi connectivity index (χ1v) is 10.9. The van der Waals surface area contributed by atoms with Crippen LogP contribution in [0.5, 0.6) is 0 Å². The van der Waals surface area contributed by atoms with E-state index in [1.807, 2.05) is 25.1 Å². The highest BCUT2D eigenvalue weighted by Gasteiger charge is 2.39. The number of hydrogen-bond donors (Lipinski definition) is 4. The number of aromatic nitrogens is 1. The molecule has 2 aliphatic rings. The molecule has 1 amide bonds. The minimum atomic E-state index is -4.45. The van der Waals surface area contributed by atoms with Crippen molar-refractivity contribution < 1.29 is 18.0 Å². The van der Waals surface area contributed by atoms with E-state index >= 15 is 0 Å². The Kier molecular flexibility index (Phi) is 5.95. The smallest absolute Gasteiger partial charge is 0.356 e. The number of carbonyl (C=O) groups excluding carboxylic acids is 1. The van der Waals surface area contributed by atoms with Gasteiger partial charge in [-0.15, -0.1) is 11.3 Å². The molecule has 1 aromatic heterocycles. The van der Waals surface area contributed by atoms with Crippen LogP contribution in [0.15, 0.2) is 41.7 Å². The van der Waals surface area contributed by atoms with Crippen molar-refractivity contribution in [2.24, 2.45) is 10.7 Å². The van der Waals surface area contributed by atoms with Gasteiger partial charge in [-0.3, -0.25) is 4.79 Å². The molecule has 0 aliphatic carbocycles. The molecule has 1 aromatic carbocycles. The number of amides is 1. The van der Waals surface area contributed by atoms with Crippen LogP contribution in [0.3, 0.4) is 0 Å². The molecule has 7 nitrogen and oxygen atoms in total. The summed E-state index contributed by atoms with van der Waals surface area (Å²) in [6.45, 7) is 2.41. The summed E-state index contributed by atoms with van der Waals surface area (Å²) in [6.07, 6.45) is 0.965. The number of carbonyl (C=O) groups is 1. The van der Waals surface area contributed by atoms with E-state index in [9.17, 15) is 18.0 Å². The molecular weight excluding hydrogens is 441 g/mol. The average molecular weight is 465 g/mol. The second-order valence-electron chi connectivity index (χ2n) is 7.97. The van der Waals surface area contributed by atoms with Gasteiger partial charge in [-0.2, -0.15) is 13.2 Å². The Balaban J connectivity index is 1.56. The van der Waals surface area contributed by atoms with Gasteiger partial charge in [0.25, 0.3) is 0 Å². The number of nitrogens with zero attached hydrogens (tertiary/aromatic N) is 2. The fraction of sp³-hybridized carbons (Fsp3) is 0.381. The molecule has 170 valence electrons. The number of benzene rings is 1. The maximum Gasteiger partial charge on any atom is 0.414 e. The van der Waals surface area contributed by atoms with E-state index in [1.165, 1.54) is 17.5 Å². The zero-order valence-corrected chi connectivity index (χ0v) is 18.1. The highest BCUT2D eigenvalue weighted by molar-refractivity contribution is 7.15. The number of guanidine groups is 1. The van der Waals surface area contributed by atoms with Crippen LogP contribution >= 0.6 is 11.3 Å². The van der Waals surface area contributed by atoms with Gasteiger partial charge >= 0.3 is 6.18 Å². The Morgan fingerprint density at radius 1 is 1.28 bits per heavy atom. The first-order valence-electron chi connectivity index (χ1n) is 10.1. The monoisotopic (exact) mass is 464 g/mol. The van der Waals surface area contributed by atoms with Crippen molar-refractivity contribution in [3.8, 4) is 10.4 Å². The van der Waals surface area contributed by atoms with Gasteiger partial charge in [-0.25, -0.2) is 9.98 Å². The van der Waals surface area contributed by atoms with E-state index in [2.05, 4.69) is 25.9 Å². The molecule has 0 radical (unpaired) electrons. The van der Waals surface area contributed by atoms with Crippen LogP contribution < -0.4 is 21.7 Å². The highest BCUT2D eigenvalue weighted by Crippen LogP contribution is 2.37. The number of nitrogens with two attached hydrogens (primary N) is 1. The van der Waals surface area contributed by atoms with Crippen molar-refractivity contribution in [2.75, 3.05) is 11.9 Å². The second kappa shape index (κ2) is 8.55. The molecule has 2 aliphatic heterocycles. The Morgan fingerprint density at radius 2 is 2.09 bits per heavy atom. The van der Waals surface area contributed by atoms with Crippen LogP contribution in [0.25, 0.3) is 10.4 Å². The van der Waals surface area contributed by atoms with Crippen molar-refractivity contribution in [1.82, 2.24) is 15.6 Å². The quantitative estimate of drug-likeness (QED) is 0.558. The molecule has 0 saturated carbocycles. The standard InChI is InChI=1S/C21H23F3N6OS/c1-12-8-13(10-14(9-12)29-19-27-6-3-16(30-19)21(22,23)24)15-11-28-18(32-15)20(25)4-2-17(31)26-7-5-20/h3,6,8-11,16H,2,4-5,7,25H2,1H3,(H,26,31)(H2,27,29,30). The number of anilines is 1. The fourth-order valence-corrected chi connectivity index (χ4v) is 4.71. The SMILES string of the molecule is Cc1cc(NC2=NC(C(F)(F)F)C=CN2)cc(-c2cnc(C3(N)CCNC(=O)CC3)s2)c1. The number of rotatable bonds is 3. The predicted molar refractivity (Wildman–Crippen MR) is 118 cm³/mol. The number of halogens is 3. The number of hydrogen-bond acceptors (Lipinski definition) is 7. The Hall–Kier alpha value is -2.92. The largest absolute Gasteiger partial charge is 0.414 e. The van der Waals surface area contributed by atoms with Crippen molar-refractivity contribution in [3.63, 3.8) is 0 Å². The first kappa shape index (κ1) is 22.3. The lowest BCUT2D eigenvalue weighted by Crippen LogP contribution is -2.37. The number of aliphatic imine (C=N–C) groups is 1. The third kappa shape index (κ3) is 4.94. The summed E-state index contributed by atoms with van der Waals surface area (Å²) < 4.78 is 39.0. The molecule has 0 bridgehead atoms. The Bertz CT molecular complexity index is 1080. The Morgan fingerprint density at radius 3 is 2.88 bits per heavy atom. The van der Waals surface area contributed by atoms with Gasteiger partial charge in [-0.1, -0.05) is 6.07 Å². The topological polar surface area (TPSA) is 104 Å². The van der Waals surface area contributed by atoms with Crippen LogP contribution in [0.2, 0.25) is 0 Å². The number of aryl methyl sites for hydroxylation is 1. The summed E-state index contributed by atoms with van der Waals surface area (Å²) in [5.41, 5.74) is 8.30. The predicted octanol–water partition coefficient (Wildman–Crippen LogP) is 3.39. The molecule has 32 heavy (non-hydrogen) atoms. The molecule has 1 saturated heterocycles. The number of alkyl halides is 3. The lowest BCUT2D eigenvalue weighted by atomic mass is 9.92. The molecule has 2 unspecified atom stereocenters. The summed E-state index contributed by atoms with van der Waals surface area (Å²) in [7, 11) is 0. The lowest BCUT2D eigenvalue weighted by molar-refractivity contribution is -0.136. The lowest BCUT2D eigenvalue weighted by Gasteiger charge is -2.24. The molecule has 2 aromatic rings. The van der Waals surface area contributed by atoms with E-state index < -0.39 is 17.8 Å². The van der Waals surface area contributed by atoms with E-state index in [-0.39, 0.29) is 11.9 Å². The third-order valence-corrected chi connectivity index (χ3v) is 6.62. The molecule has 4 rings (SSSR count). The maximum absolute atomic E-state index is 13.0. The van der Waals surface area contributed by atoms with Crippen molar-refractivity contribution in [3.05, 3.63) is 47.2 Å². The van der Waals surface area contributed by atoms with E-state index in [0.717, 1.165) is 27.1 Å². The Labute approximate surface area is 187 Å². The highest BCUT2D eigenvalue weighted by atomic mass is 32.1. The van der Waals surface area contributed by atoms with Crippen LogP contribution in [-0.2, 0) is 10.3 Å². The van der Waals surface area contributed by atoms with Gasteiger partial charge in [0.1, 0.15) is 5.01 Å². The van der Waals surface area contributed by atoms with Crippen LogP contribution in [-0.4, -0.2) is 35.6 Å². The summed E-state index contributed by atoms with van der Waals surface area (Å²) in [6, 6.07) is 3.74. The van der Waals surface area contributed by atoms with Gasteiger partial charge in [0, 0.05) is 31.0 Å². The molecule has 0 spiro atoms. The first-order chi connectivity index (χ1) is 15.1. The summed E-state index contributed by atoms with van der Waals surface area (Å²) in [5.74, 6) is 0.0123. The minimum absolute atomic E-state index is 0.00894. The van der Waals surface area contributed by atoms with Gasteiger partial charge in [0.2, 0.25) is 11.9 Å². The molecule has 5 N–H and O–H groups in total. The average Bonchev–Trinajstić information content (AvgIpc) is 3.16. The van der Waals surface area contributed by atoms with Crippen LogP contribution in [0.1, 0.15) is 29.8 Å². The molecule has 11 heteroatoms. The maximum atomic E-state index is 13.0. The van der Waals surface area contributed by atoms with E-state index in [4.69, 9.17) is 5.73 Å². The van der Waals surface area contributed by atoms with Gasteiger partial charge in [0.05, 0.1) is 10.4 Å². The van der Waals surface area contributed by atoms with E-state index in [1.54, 1.807) is 6.20 Å². The van der Waals surface area contributed by atoms with Crippen molar-refractivity contribution >= 4 is 28.9 Å². The second-order valence-corrected chi connectivity index (χ2v) is 9.00. The summed E-state index contributed by atoms with van der Waals surface area (Å²) in [4.78, 5) is 20.8. The van der Waals surface area contributed by atoms with Crippen molar-refractivity contribution in [1.29, 1.82) is 0 Å². The zero-order valence-electron chi connectivity index (χ0n) is 17.3. The number of thiazole rings is 1. The molecule has 1 fully saturated rings. The normalized spacial score (nSPS) is 23.7. The summed E-state index contributed by atoms with van der Waals surface area (Å²) >= 11 is 1.46. The van der Waals surface area contributed by atoms with Gasteiger partial charge in [0.15, 0.2) is 6.04 Å². The molecule has 2 atom stereocenters. The molecule has 3 heterocycles. The van der Waals surface area contributed by atoms with Gasteiger partial charge < -0.3 is 21.7 Å². The van der Waals surface area contributed by atoms with Crippen LogP contribution in [0, 0.1) is 6.92 Å². The molecular formula is C21H23F3N6OS. The fourth-order valence-electron chi connectivity index (χ4n) is 3.65. The van der Waals surface area contributed by atoms with E-state index in [0.29, 0.717) is 31.5 Å². The summed E-state index contributed by atoms with van der Waals surface area (Å²) in [5, 5.41) is 9.23. The van der Waals surface area contributed by atoms with Gasteiger partial charge in [-0.05, 0) is 49.1 Å².